The first kappa shape index (κ1) is 19.6. The van der Waals surface area contributed by atoms with Crippen LogP contribution in [0.1, 0.15) is 22.7 Å². The fourth-order valence-corrected chi connectivity index (χ4v) is 3.06. The third-order valence-corrected chi connectivity index (χ3v) is 4.76. The first-order valence-electron chi connectivity index (χ1n) is 8.71. The number of rotatable bonds is 9. The number of nitrogens with one attached hydrogen (secondary N) is 2. The minimum Gasteiger partial charge on any atom is -0.497 e. The van der Waals surface area contributed by atoms with Crippen LogP contribution in [0.25, 0.3) is 10.7 Å². The fraction of sp³-hybridized carbons (Fsp3) is 0.263. The predicted molar refractivity (Wildman–Crippen MR) is 104 cm³/mol. The zero-order chi connectivity index (χ0) is 19.8. The normalized spacial score (nSPS) is 10.5. The Balaban J connectivity index is 1.34. The van der Waals surface area contributed by atoms with Gasteiger partial charge in [0, 0.05) is 19.5 Å². The largest absolute Gasteiger partial charge is 0.497 e. The number of hydrogen-bond acceptors (Lipinski definition) is 7. The highest BCUT2D eigenvalue weighted by atomic mass is 32.1. The zero-order valence-electron chi connectivity index (χ0n) is 15.3. The van der Waals surface area contributed by atoms with Crippen molar-refractivity contribution in [3.05, 3.63) is 53.2 Å². The van der Waals surface area contributed by atoms with E-state index in [1.54, 1.807) is 7.11 Å². The minimum atomic E-state index is -0.470. The summed E-state index contributed by atoms with van der Waals surface area (Å²) in [5.74, 6) is 0.513. The van der Waals surface area contributed by atoms with Gasteiger partial charge in [-0.2, -0.15) is 4.98 Å². The molecule has 0 unspecified atom stereocenters. The molecule has 3 rings (SSSR count). The van der Waals surface area contributed by atoms with E-state index in [1.165, 1.54) is 11.3 Å². The first-order valence-corrected chi connectivity index (χ1v) is 9.59. The molecule has 0 aliphatic heterocycles. The van der Waals surface area contributed by atoms with Crippen LogP contribution in [0.3, 0.4) is 0 Å². The summed E-state index contributed by atoms with van der Waals surface area (Å²) in [7, 11) is 1.61. The van der Waals surface area contributed by atoms with Gasteiger partial charge in [0.05, 0.1) is 12.0 Å². The Labute approximate surface area is 165 Å². The number of ether oxygens (including phenoxy) is 1. The Bertz CT molecular complexity index is 906. The molecule has 1 aromatic carbocycles. The number of carbonyl (C=O) groups is 2. The molecule has 28 heavy (non-hydrogen) atoms. The zero-order valence-corrected chi connectivity index (χ0v) is 16.1. The van der Waals surface area contributed by atoms with Crippen molar-refractivity contribution in [2.45, 2.75) is 12.8 Å². The second-order valence-corrected chi connectivity index (χ2v) is 6.80. The summed E-state index contributed by atoms with van der Waals surface area (Å²) in [6.07, 6.45) is 1.00. The lowest BCUT2D eigenvalue weighted by Crippen LogP contribution is -2.34. The molecule has 2 heterocycles. The average Bonchev–Trinajstić information content (AvgIpc) is 3.41. The maximum Gasteiger partial charge on any atom is 0.316 e. The number of aromatic nitrogens is 2. The average molecular weight is 400 g/mol. The molecule has 2 amide bonds. The monoisotopic (exact) mass is 400 g/mol. The summed E-state index contributed by atoms with van der Waals surface area (Å²) in [5, 5.41) is 11.1. The van der Waals surface area contributed by atoms with Gasteiger partial charge in [-0.25, -0.2) is 0 Å². The van der Waals surface area contributed by atoms with Crippen LogP contribution in [-0.4, -0.2) is 42.2 Å². The Morgan fingerprint density at radius 2 is 1.93 bits per heavy atom. The molecule has 3 aromatic rings. The van der Waals surface area contributed by atoms with E-state index in [2.05, 4.69) is 20.8 Å². The van der Waals surface area contributed by atoms with Gasteiger partial charge in [-0.1, -0.05) is 23.4 Å². The molecular weight excluding hydrogens is 380 g/mol. The summed E-state index contributed by atoms with van der Waals surface area (Å²) in [6.45, 7) is 0.586. The van der Waals surface area contributed by atoms with Crippen molar-refractivity contribution in [2.75, 3.05) is 20.2 Å². The molecule has 0 aliphatic rings. The standard InChI is InChI=1S/C19H20N4O4S/c1-26-14-7-4-13(5-8-14)6-9-16(24)20-10-11-21-18(25)19-22-17(23-27-19)15-3-2-12-28-15/h2-5,7-8,12H,6,9-11H2,1H3,(H,20,24)(H,21,25). The number of carbonyl (C=O) groups excluding carboxylic acids is 2. The van der Waals surface area contributed by atoms with Crippen molar-refractivity contribution in [3.8, 4) is 16.5 Å². The molecule has 0 saturated heterocycles. The van der Waals surface area contributed by atoms with E-state index in [1.807, 2.05) is 41.8 Å². The van der Waals surface area contributed by atoms with Gasteiger partial charge in [0.25, 0.3) is 0 Å². The number of methoxy groups -OCH3 is 1. The van der Waals surface area contributed by atoms with E-state index >= 15 is 0 Å². The molecule has 2 aromatic heterocycles. The van der Waals surface area contributed by atoms with E-state index in [9.17, 15) is 9.59 Å². The van der Waals surface area contributed by atoms with Gasteiger partial charge in [0.2, 0.25) is 11.7 Å². The van der Waals surface area contributed by atoms with Crippen molar-refractivity contribution < 1.29 is 18.8 Å². The topological polar surface area (TPSA) is 106 Å². The molecule has 2 N–H and O–H groups in total. The summed E-state index contributed by atoms with van der Waals surface area (Å²) in [5.41, 5.74) is 1.06. The van der Waals surface area contributed by atoms with Gasteiger partial charge < -0.3 is 19.9 Å². The smallest absolute Gasteiger partial charge is 0.316 e. The maximum atomic E-state index is 12.0. The molecular formula is C19H20N4O4S. The van der Waals surface area contributed by atoms with E-state index in [4.69, 9.17) is 9.26 Å². The highest BCUT2D eigenvalue weighted by Gasteiger charge is 2.16. The van der Waals surface area contributed by atoms with Gasteiger partial charge >= 0.3 is 11.8 Å². The highest BCUT2D eigenvalue weighted by molar-refractivity contribution is 7.13. The molecule has 0 bridgehead atoms. The number of hydrogen-bond donors (Lipinski definition) is 2. The van der Waals surface area contributed by atoms with Crippen LogP contribution in [0.4, 0.5) is 0 Å². The highest BCUT2D eigenvalue weighted by Crippen LogP contribution is 2.21. The molecule has 0 spiro atoms. The summed E-state index contributed by atoms with van der Waals surface area (Å²) in [6, 6.07) is 11.3. The van der Waals surface area contributed by atoms with Crippen molar-refractivity contribution >= 4 is 23.2 Å². The van der Waals surface area contributed by atoms with Crippen LogP contribution in [0.15, 0.2) is 46.3 Å². The van der Waals surface area contributed by atoms with Gasteiger partial charge in [0.1, 0.15) is 5.75 Å². The third-order valence-electron chi connectivity index (χ3n) is 3.89. The van der Waals surface area contributed by atoms with E-state index < -0.39 is 5.91 Å². The molecule has 8 nitrogen and oxygen atoms in total. The lowest BCUT2D eigenvalue weighted by molar-refractivity contribution is -0.121. The lowest BCUT2D eigenvalue weighted by atomic mass is 10.1. The van der Waals surface area contributed by atoms with Crippen LogP contribution in [-0.2, 0) is 11.2 Å². The first-order chi connectivity index (χ1) is 13.7. The van der Waals surface area contributed by atoms with Crippen molar-refractivity contribution in [1.29, 1.82) is 0 Å². The van der Waals surface area contributed by atoms with Crippen molar-refractivity contribution in [2.24, 2.45) is 0 Å². The molecule has 0 radical (unpaired) electrons. The van der Waals surface area contributed by atoms with Crippen LogP contribution in [0.2, 0.25) is 0 Å². The number of aryl methyl sites for hydroxylation is 1. The lowest BCUT2D eigenvalue weighted by Gasteiger charge is -2.06. The Morgan fingerprint density at radius 1 is 1.14 bits per heavy atom. The molecule has 0 aliphatic carbocycles. The maximum absolute atomic E-state index is 12.0. The fourth-order valence-electron chi connectivity index (χ4n) is 2.41. The van der Waals surface area contributed by atoms with E-state index in [0.717, 1.165) is 16.2 Å². The molecule has 0 atom stereocenters. The molecule has 0 saturated carbocycles. The number of thiophene rings is 1. The van der Waals surface area contributed by atoms with E-state index in [0.29, 0.717) is 25.2 Å². The summed E-state index contributed by atoms with van der Waals surface area (Å²) in [4.78, 5) is 28.8. The second-order valence-electron chi connectivity index (χ2n) is 5.85. The Morgan fingerprint density at radius 3 is 2.64 bits per heavy atom. The summed E-state index contributed by atoms with van der Waals surface area (Å²) < 4.78 is 10.1. The minimum absolute atomic E-state index is 0.0807. The predicted octanol–water partition coefficient (Wildman–Crippen LogP) is 2.29. The van der Waals surface area contributed by atoms with Crippen molar-refractivity contribution in [3.63, 3.8) is 0 Å². The SMILES string of the molecule is COc1ccc(CCC(=O)NCCNC(=O)c2nc(-c3cccs3)no2)cc1. The van der Waals surface area contributed by atoms with Gasteiger partial charge in [-0.05, 0) is 35.6 Å². The number of amides is 2. The van der Waals surface area contributed by atoms with Crippen molar-refractivity contribution in [1.82, 2.24) is 20.8 Å². The quantitative estimate of drug-likeness (QED) is 0.534. The second kappa shape index (κ2) is 9.65. The Kier molecular flexibility index (Phi) is 6.74. The number of benzene rings is 1. The Hall–Kier alpha value is -3.20. The number of nitrogens with zero attached hydrogens (tertiary/aromatic N) is 2. The van der Waals surface area contributed by atoms with Gasteiger partial charge in [-0.3, -0.25) is 9.59 Å². The van der Waals surface area contributed by atoms with Crippen LogP contribution >= 0.6 is 11.3 Å². The van der Waals surface area contributed by atoms with Gasteiger partial charge in [0.15, 0.2) is 0 Å². The molecule has 0 fully saturated rings. The summed E-state index contributed by atoms with van der Waals surface area (Å²) >= 11 is 1.46. The van der Waals surface area contributed by atoms with E-state index in [-0.39, 0.29) is 18.3 Å². The van der Waals surface area contributed by atoms with Crippen LogP contribution in [0, 0.1) is 0 Å². The van der Waals surface area contributed by atoms with Crippen LogP contribution in [0.5, 0.6) is 5.75 Å². The van der Waals surface area contributed by atoms with Gasteiger partial charge in [-0.15, -0.1) is 11.3 Å². The van der Waals surface area contributed by atoms with Crippen LogP contribution < -0.4 is 15.4 Å². The third kappa shape index (κ3) is 5.40. The molecule has 9 heteroatoms. The molecule has 146 valence electrons.